The van der Waals surface area contributed by atoms with Gasteiger partial charge in [0.15, 0.2) is 0 Å². The Hall–Kier alpha value is -1.36. The van der Waals surface area contributed by atoms with Gasteiger partial charge in [0.25, 0.3) is 0 Å². The zero-order valence-corrected chi connectivity index (χ0v) is 12.5. The van der Waals surface area contributed by atoms with Crippen molar-refractivity contribution in [1.29, 1.82) is 0 Å². The minimum absolute atomic E-state index is 0.00153. The molecule has 21 heavy (non-hydrogen) atoms. The molecule has 0 spiro atoms. The molecule has 1 saturated heterocycles. The number of unbranched alkanes of at least 4 members (excludes halogenated alkanes) is 2. The number of esters is 1. The molecule has 4 unspecified atom stereocenters. The number of rotatable bonds is 8. The van der Waals surface area contributed by atoms with E-state index in [0.717, 1.165) is 12.8 Å². The summed E-state index contributed by atoms with van der Waals surface area (Å²) in [5.74, 6) is -2.70. The van der Waals surface area contributed by atoms with Gasteiger partial charge in [0, 0.05) is 0 Å². The van der Waals surface area contributed by atoms with Gasteiger partial charge < -0.3 is 14.6 Å². The molecule has 5 heteroatoms. The Bertz CT molecular complexity index is 403. The highest BCUT2D eigenvalue weighted by atomic mass is 16.6. The lowest BCUT2D eigenvalue weighted by molar-refractivity contribution is -0.156. The lowest BCUT2D eigenvalue weighted by Crippen LogP contribution is -2.32. The SMILES string of the molecule is CCCCCC1OC1COC(=O)C1C=CCCC1C(=O)O. The Kier molecular flexibility index (Phi) is 5.79. The lowest BCUT2D eigenvalue weighted by atomic mass is 9.84. The first kappa shape index (κ1) is 16.0. The number of ether oxygens (including phenoxy) is 2. The van der Waals surface area contributed by atoms with Crippen molar-refractivity contribution in [3.63, 3.8) is 0 Å². The van der Waals surface area contributed by atoms with Crippen molar-refractivity contribution in [2.75, 3.05) is 6.61 Å². The molecule has 4 atom stereocenters. The first-order valence-corrected chi connectivity index (χ1v) is 7.85. The smallest absolute Gasteiger partial charge is 0.313 e. The topological polar surface area (TPSA) is 76.1 Å². The second kappa shape index (κ2) is 7.59. The van der Waals surface area contributed by atoms with E-state index in [1.165, 1.54) is 12.8 Å². The van der Waals surface area contributed by atoms with Gasteiger partial charge in [0.1, 0.15) is 12.7 Å². The maximum Gasteiger partial charge on any atom is 0.313 e. The molecule has 0 amide bonds. The molecule has 0 bridgehead atoms. The van der Waals surface area contributed by atoms with Crippen molar-refractivity contribution in [2.45, 2.75) is 57.7 Å². The molecular weight excluding hydrogens is 272 g/mol. The van der Waals surface area contributed by atoms with Gasteiger partial charge in [-0.3, -0.25) is 9.59 Å². The van der Waals surface area contributed by atoms with Crippen LogP contribution in [0.2, 0.25) is 0 Å². The van der Waals surface area contributed by atoms with Crippen molar-refractivity contribution in [3.05, 3.63) is 12.2 Å². The van der Waals surface area contributed by atoms with E-state index >= 15 is 0 Å². The maximum absolute atomic E-state index is 12.0. The van der Waals surface area contributed by atoms with E-state index in [-0.39, 0.29) is 18.8 Å². The summed E-state index contributed by atoms with van der Waals surface area (Å²) < 4.78 is 10.7. The van der Waals surface area contributed by atoms with E-state index in [2.05, 4.69) is 6.92 Å². The normalized spacial score (nSPS) is 30.9. The minimum Gasteiger partial charge on any atom is -0.481 e. The third-order valence-electron chi connectivity index (χ3n) is 4.18. The van der Waals surface area contributed by atoms with Crippen LogP contribution >= 0.6 is 0 Å². The van der Waals surface area contributed by atoms with Gasteiger partial charge in [-0.15, -0.1) is 0 Å². The largest absolute Gasteiger partial charge is 0.481 e. The highest BCUT2D eigenvalue weighted by Crippen LogP contribution is 2.30. The lowest BCUT2D eigenvalue weighted by Gasteiger charge is -2.22. The molecule has 1 heterocycles. The number of carbonyl (C=O) groups is 2. The number of aliphatic carboxylic acids is 1. The summed E-state index contributed by atoms with van der Waals surface area (Å²) in [5.41, 5.74) is 0. The van der Waals surface area contributed by atoms with Crippen LogP contribution in [-0.2, 0) is 19.1 Å². The third kappa shape index (κ3) is 4.56. The van der Waals surface area contributed by atoms with Crippen LogP contribution in [0.3, 0.4) is 0 Å². The van der Waals surface area contributed by atoms with Crippen LogP contribution in [0.25, 0.3) is 0 Å². The number of hydrogen-bond acceptors (Lipinski definition) is 4. The van der Waals surface area contributed by atoms with Gasteiger partial charge >= 0.3 is 11.9 Å². The van der Waals surface area contributed by atoms with Crippen molar-refractivity contribution < 1.29 is 24.2 Å². The van der Waals surface area contributed by atoms with E-state index < -0.39 is 23.8 Å². The van der Waals surface area contributed by atoms with Gasteiger partial charge in [-0.05, 0) is 19.3 Å². The fraction of sp³-hybridized carbons (Fsp3) is 0.750. The monoisotopic (exact) mass is 296 g/mol. The Balaban J connectivity index is 1.71. The van der Waals surface area contributed by atoms with Crippen molar-refractivity contribution in [2.24, 2.45) is 11.8 Å². The molecule has 118 valence electrons. The summed E-state index contributed by atoms with van der Waals surface area (Å²) in [6.45, 7) is 2.40. The van der Waals surface area contributed by atoms with E-state index in [1.807, 2.05) is 6.08 Å². The van der Waals surface area contributed by atoms with Gasteiger partial charge in [-0.1, -0.05) is 38.3 Å². The molecule has 5 nitrogen and oxygen atoms in total. The predicted octanol–water partition coefficient (Wildman–Crippen LogP) is 2.54. The molecule has 1 aliphatic heterocycles. The summed E-state index contributed by atoms with van der Waals surface area (Å²) in [7, 11) is 0. The standard InChI is InChI=1S/C16H24O5/c1-2-3-4-9-13-14(21-13)10-20-16(19)12-8-6-5-7-11(12)15(17)18/h6,8,11-14H,2-5,7,9-10H2,1H3,(H,17,18). The summed E-state index contributed by atoms with van der Waals surface area (Å²) in [5, 5.41) is 9.14. The van der Waals surface area contributed by atoms with Crippen LogP contribution < -0.4 is 0 Å². The van der Waals surface area contributed by atoms with E-state index in [4.69, 9.17) is 14.6 Å². The van der Waals surface area contributed by atoms with Crippen LogP contribution in [0.5, 0.6) is 0 Å². The van der Waals surface area contributed by atoms with Crippen molar-refractivity contribution in [3.8, 4) is 0 Å². The van der Waals surface area contributed by atoms with Crippen LogP contribution in [0.15, 0.2) is 12.2 Å². The van der Waals surface area contributed by atoms with Gasteiger partial charge in [-0.2, -0.15) is 0 Å². The molecule has 1 fully saturated rings. The number of epoxide rings is 1. The summed E-state index contributed by atoms with van der Waals surface area (Å²) >= 11 is 0. The average Bonchev–Trinajstić information content (AvgIpc) is 3.23. The Labute approximate surface area is 125 Å². The number of hydrogen-bond donors (Lipinski definition) is 1. The van der Waals surface area contributed by atoms with E-state index in [1.54, 1.807) is 6.08 Å². The highest BCUT2D eigenvalue weighted by Gasteiger charge is 2.40. The molecular formula is C16H24O5. The number of carboxylic acids is 1. The highest BCUT2D eigenvalue weighted by molar-refractivity contribution is 5.83. The zero-order valence-electron chi connectivity index (χ0n) is 12.5. The predicted molar refractivity (Wildman–Crippen MR) is 76.8 cm³/mol. The molecule has 1 aliphatic carbocycles. The Morgan fingerprint density at radius 2 is 2.14 bits per heavy atom. The molecule has 0 saturated carbocycles. The van der Waals surface area contributed by atoms with Crippen LogP contribution in [0.4, 0.5) is 0 Å². The summed E-state index contributed by atoms with van der Waals surface area (Å²) in [4.78, 5) is 23.2. The maximum atomic E-state index is 12.0. The number of allylic oxidation sites excluding steroid dienone is 1. The fourth-order valence-electron chi connectivity index (χ4n) is 2.79. The molecule has 0 aromatic carbocycles. The molecule has 0 aromatic heterocycles. The van der Waals surface area contributed by atoms with Crippen LogP contribution in [-0.4, -0.2) is 35.9 Å². The molecule has 2 rings (SSSR count). The quantitative estimate of drug-likeness (QED) is 0.322. The van der Waals surface area contributed by atoms with Gasteiger partial charge in [-0.25, -0.2) is 0 Å². The summed E-state index contributed by atoms with van der Waals surface area (Å²) in [6, 6.07) is 0. The first-order chi connectivity index (χ1) is 10.1. The van der Waals surface area contributed by atoms with E-state index in [0.29, 0.717) is 12.8 Å². The second-order valence-electron chi connectivity index (χ2n) is 5.81. The Morgan fingerprint density at radius 3 is 2.86 bits per heavy atom. The average molecular weight is 296 g/mol. The van der Waals surface area contributed by atoms with Crippen LogP contribution in [0.1, 0.15) is 45.4 Å². The molecule has 2 aliphatic rings. The number of carbonyl (C=O) groups excluding carboxylic acids is 1. The zero-order chi connectivity index (χ0) is 15.2. The second-order valence-corrected chi connectivity index (χ2v) is 5.81. The molecule has 0 radical (unpaired) electrons. The fourth-order valence-corrected chi connectivity index (χ4v) is 2.79. The Morgan fingerprint density at radius 1 is 1.33 bits per heavy atom. The first-order valence-electron chi connectivity index (χ1n) is 7.85. The third-order valence-corrected chi connectivity index (χ3v) is 4.18. The van der Waals surface area contributed by atoms with E-state index in [9.17, 15) is 9.59 Å². The van der Waals surface area contributed by atoms with Crippen molar-refractivity contribution >= 4 is 11.9 Å². The van der Waals surface area contributed by atoms with Gasteiger partial charge in [0.05, 0.1) is 17.9 Å². The molecule has 1 N–H and O–H groups in total. The van der Waals surface area contributed by atoms with Gasteiger partial charge in [0.2, 0.25) is 0 Å². The van der Waals surface area contributed by atoms with Crippen molar-refractivity contribution in [1.82, 2.24) is 0 Å². The number of carboxylic acid groups (broad SMARTS) is 1. The molecule has 0 aromatic rings. The minimum atomic E-state index is -0.929. The van der Waals surface area contributed by atoms with Crippen LogP contribution in [0, 0.1) is 11.8 Å². The summed E-state index contributed by atoms with van der Waals surface area (Å²) in [6.07, 6.45) is 9.44.